The van der Waals surface area contributed by atoms with E-state index in [-0.39, 0.29) is 17.3 Å². The van der Waals surface area contributed by atoms with Crippen molar-refractivity contribution < 1.29 is 17.5 Å². The lowest BCUT2D eigenvalue weighted by Crippen LogP contribution is -2.26. The summed E-state index contributed by atoms with van der Waals surface area (Å²) >= 11 is 5.60. The summed E-state index contributed by atoms with van der Waals surface area (Å²) in [7, 11) is -3.97. The molecule has 1 saturated carbocycles. The van der Waals surface area contributed by atoms with E-state index in [1.807, 2.05) is 0 Å². The molecule has 5 nitrogen and oxygen atoms in total. The van der Waals surface area contributed by atoms with E-state index in [0.29, 0.717) is 18.9 Å². The number of halogens is 2. The minimum atomic E-state index is -3.97. The Morgan fingerprint density at radius 1 is 1.43 bits per heavy atom. The molecule has 1 aliphatic carbocycles. The second-order valence-electron chi connectivity index (χ2n) is 5.08. The number of ether oxygens (including phenoxy) is 1. The Bertz CT molecular complexity index is 606. The van der Waals surface area contributed by atoms with Crippen LogP contribution in [0.1, 0.15) is 19.3 Å². The van der Waals surface area contributed by atoms with Gasteiger partial charge in [-0.3, -0.25) is 0 Å². The van der Waals surface area contributed by atoms with E-state index in [1.54, 1.807) is 0 Å². The Morgan fingerprint density at radius 3 is 2.81 bits per heavy atom. The second-order valence-corrected chi connectivity index (χ2v) is 7.23. The van der Waals surface area contributed by atoms with Crippen LogP contribution >= 0.6 is 11.6 Å². The number of hydrogen-bond donors (Lipinski definition) is 2. The first-order chi connectivity index (χ1) is 9.90. The van der Waals surface area contributed by atoms with Gasteiger partial charge in [0.15, 0.2) is 5.82 Å². The summed E-state index contributed by atoms with van der Waals surface area (Å²) in [6.45, 7) is 1.37. The van der Waals surface area contributed by atoms with Gasteiger partial charge < -0.3 is 10.5 Å². The van der Waals surface area contributed by atoms with Gasteiger partial charge in [-0.25, -0.2) is 17.5 Å². The van der Waals surface area contributed by atoms with Crippen molar-refractivity contribution >= 4 is 27.3 Å². The van der Waals surface area contributed by atoms with E-state index in [9.17, 15) is 12.8 Å². The quantitative estimate of drug-likeness (QED) is 0.563. The fourth-order valence-corrected chi connectivity index (χ4v) is 3.26. The number of anilines is 1. The molecule has 0 aromatic heterocycles. The van der Waals surface area contributed by atoms with Crippen molar-refractivity contribution in [3.8, 4) is 0 Å². The van der Waals surface area contributed by atoms with Crippen LogP contribution in [0, 0.1) is 11.7 Å². The Balaban J connectivity index is 1.86. The van der Waals surface area contributed by atoms with Crippen molar-refractivity contribution in [1.82, 2.24) is 4.72 Å². The highest BCUT2D eigenvalue weighted by atomic mass is 35.5. The number of benzene rings is 1. The molecule has 2 rings (SSSR count). The van der Waals surface area contributed by atoms with E-state index >= 15 is 0 Å². The first kappa shape index (κ1) is 16.5. The third-order valence-corrected chi connectivity index (χ3v) is 4.85. The van der Waals surface area contributed by atoms with Crippen molar-refractivity contribution in [3.63, 3.8) is 0 Å². The van der Waals surface area contributed by atoms with Crippen molar-refractivity contribution in [2.75, 3.05) is 25.5 Å². The average Bonchev–Trinajstić information content (AvgIpc) is 3.22. The molecule has 8 heteroatoms. The van der Waals surface area contributed by atoms with Crippen molar-refractivity contribution in [1.29, 1.82) is 0 Å². The lowest BCUT2D eigenvalue weighted by molar-refractivity contribution is 0.123. The minimum absolute atomic E-state index is 0.0922. The molecule has 0 atom stereocenters. The molecule has 0 spiro atoms. The Morgan fingerprint density at radius 2 is 2.14 bits per heavy atom. The van der Waals surface area contributed by atoms with Gasteiger partial charge in [-0.05, 0) is 37.3 Å². The Labute approximate surface area is 128 Å². The molecule has 0 aliphatic heterocycles. The molecule has 118 valence electrons. The maximum Gasteiger partial charge on any atom is 0.243 e. The van der Waals surface area contributed by atoms with Crippen LogP contribution in [-0.2, 0) is 14.8 Å². The molecule has 0 unspecified atom stereocenters. The summed E-state index contributed by atoms with van der Waals surface area (Å²) in [5.41, 5.74) is 5.58. The number of hydrogen-bond acceptors (Lipinski definition) is 4. The maximum atomic E-state index is 13.8. The van der Waals surface area contributed by atoms with Crippen molar-refractivity contribution in [3.05, 3.63) is 23.0 Å². The van der Waals surface area contributed by atoms with Gasteiger partial charge in [0.2, 0.25) is 10.0 Å². The Hall–Kier alpha value is -0.890. The summed E-state index contributed by atoms with van der Waals surface area (Å²) in [6.07, 6.45) is 2.94. The first-order valence-electron chi connectivity index (χ1n) is 6.72. The van der Waals surface area contributed by atoms with Gasteiger partial charge in [-0.15, -0.1) is 0 Å². The predicted octanol–water partition coefficient (Wildman–Crippen LogP) is 2.16. The average molecular weight is 337 g/mol. The zero-order valence-corrected chi connectivity index (χ0v) is 13.0. The summed E-state index contributed by atoms with van der Waals surface area (Å²) in [5, 5.41) is -0.317. The van der Waals surface area contributed by atoms with Crippen LogP contribution in [-0.4, -0.2) is 28.2 Å². The molecule has 3 N–H and O–H groups in total. The van der Waals surface area contributed by atoms with Gasteiger partial charge in [0.1, 0.15) is 4.90 Å². The molecule has 1 aromatic rings. The molecule has 1 aromatic carbocycles. The number of sulfonamides is 1. The van der Waals surface area contributed by atoms with Crippen molar-refractivity contribution in [2.45, 2.75) is 24.2 Å². The van der Waals surface area contributed by atoms with E-state index in [1.165, 1.54) is 18.9 Å². The summed E-state index contributed by atoms with van der Waals surface area (Å²) in [5.74, 6) is -0.325. The first-order valence-corrected chi connectivity index (χ1v) is 8.58. The van der Waals surface area contributed by atoms with E-state index in [0.717, 1.165) is 12.7 Å². The number of rotatable bonds is 8. The number of nitrogens with one attached hydrogen (secondary N) is 1. The molecule has 1 aliphatic rings. The Kier molecular flexibility index (Phi) is 5.43. The molecule has 0 radical (unpaired) electrons. The molecule has 0 amide bonds. The monoisotopic (exact) mass is 336 g/mol. The molecule has 1 fully saturated rings. The summed E-state index contributed by atoms with van der Waals surface area (Å²) in [4.78, 5) is -0.536. The van der Waals surface area contributed by atoms with Gasteiger partial charge in [-0.2, -0.15) is 0 Å². The highest BCUT2D eigenvalue weighted by molar-refractivity contribution is 7.89. The van der Waals surface area contributed by atoms with Crippen LogP contribution in [0.5, 0.6) is 0 Å². The van der Waals surface area contributed by atoms with Crippen LogP contribution in [0.25, 0.3) is 0 Å². The fourth-order valence-electron chi connectivity index (χ4n) is 1.77. The molecule has 0 saturated heterocycles. The van der Waals surface area contributed by atoms with Crippen molar-refractivity contribution in [2.24, 2.45) is 5.92 Å². The molecular weight excluding hydrogens is 319 g/mol. The normalized spacial score (nSPS) is 15.3. The molecule has 0 bridgehead atoms. The van der Waals surface area contributed by atoms with E-state index in [4.69, 9.17) is 22.1 Å². The van der Waals surface area contributed by atoms with Crippen LogP contribution in [0.15, 0.2) is 17.0 Å². The lowest BCUT2D eigenvalue weighted by atomic mass is 10.3. The smallest absolute Gasteiger partial charge is 0.243 e. The van der Waals surface area contributed by atoms with Crippen LogP contribution in [0.3, 0.4) is 0 Å². The fraction of sp³-hybridized carbons (Fsp3) is 0.538. The second kappa shape index (κ2) is 6.91. The van der Waals surface area contributed by atoms with Gasteiger partial charge in [0.25, 0.3) is 0 Å². The summed E-state index contributed by atoms with van der Waals surface area (Å²) in [6, 6.07) is 2.22. The largest absolute Gasteiger partial charge is 0.399 e. The highest BCUT2D eigenvalue weighted by Crippen LogP contribution is 2.28. The van der Waals surface area contributed by atoms with E-state index < -0.39 is 20.7 Å². The molecular formula is C13H18ClFN2O3S. The number of nitrogen functional groups attached to an aromatic ring is 1. The molecule has 21 heavy (non-hydrogen) atoms. The van der Waals surface area contributed by atoms with Crippen LogP contribution < -0.4 is 10.5 Å². The number of nitrogens with two attached hydrogens (primary N) is 1. The maximum absolute atomic E-state index is 13.8. The zero-order valence-electron chi connectivity index (χ0n) is 11.4. The van der Waals surface area contributed by atoms with Gasteiger partial charge >= 0.3 is 0 Å². The van der Waals surface area contributed by atoms with Crippen LogP contribution in [0.2, 0.25) is 5.02 Å². The summed E-state index contributed by atoms with van der Waals surface area (Å²) < 4.78 is 45.5. The predicted molar refractivity (Wildman–Crippen MR) is 79.2 cm³/mol. The molecule has 0 heterocycles. The third-order valence-electron chi connectivity index (χ3n) is 3.11. The zero-order chi connectivity index (χ0) is 15.5. The standard InChI is InChI=1S/C13H18ClFN2O3S/c14-11-6-10(16)7-12(13(11)15)21(18,19)17-4-1-5-20-8-9-2-3-9/h6-7,9,17H,1-5,8,16H2. The SMILES string of the molecule is Nc1cc(Cl)c(F)c(S(=O)(=O)NCCCOCC2CC2)c1. The lowest BCUT2D eigenvalue weighted by Gasteiger charge is -2.09. The minimum Gasteiger partial charge on any atom is -0.399 e. The van der Waals surface area contributed by atoms with Gasteiger partial charge in [0, 0.05) is 25.4 Å². The van der Waals surface area contributed by atoms with Crippen LogP contribution in [0.4, 0.5) is 10.1 Å². The third kappa shape index (κ3) is 4.81. The van der Waals surface area contributed by atoms with Gasteiger partial charge in [-0.1, -0.05) is 11.6 Å². The topological polar surface area (TPSA) is 81.4 Å². The van der Waals surface area contributed by atoms with Gasteiger partial charge in [0.05, 0.1) is 5.02 Å². The van der Waals surface area contributed by atoms with E-state index in [2.05, 4.69) is 4.72 Å². The highest BCUT2D eigenvalue weighted by Gasteiger charge is 2.22.